The van der Waals surface area contributed by atoms with Gasteiger partial charge in [-0.15, -0.1) is 11.3 Å². The van der Waals surface area contributed by atoms with E-state index >= 15 is 0 Å². The Morgan fingerprint density at radius 1 is 1.38 bits per heavy atom. The van der Waals surface area contributed by atoms with E-state index in [0.29, 0.717) is 6.54 Å². The van der Waals surface area contributed by atoms with E-state index in [-0.39, 0.29) is 11.8 Å². The van der Waals surface area contributed by atoms with Crippen LogP contribution in [0.5, 0.6) is 5.75 Å². The van der Waals surface area contributed by atoms with Gasteiger partial charge in [0, 0.05) is 16.9 Å². The molecule has 110 valence electrons. The Bertz CT molecular complexity index is 617. The molecular formula is C16H18N2O2S. The summed E-state index contributed by atoms with van der Waals surface area (Å²) in [6, 6.07) is 7.83. The number of carbonyl (C=O) groups is 1. The minimum Gasteiger partial charge on any atom is -0.497 e. The van der Waals surface area contributed by atoms with E-state index in [2.05, 4.69) is 10.3 Å². The first kappa shape index (κ1) is 14.1. The Morgan fingerprint density at radius 2 is 2.14 bits per heavy atom. The van der Waals surface area contributed by atoms with Gasteiger partial charge in [0.2, 0.25) is 5.91 Å². The van der Waals surface area contributed by atoms with Gasteiger partial charge in [-0.1, -0.05) is 6.42 Å². The highest BCUT2D eigenvalue weighted by Gasteiger charge is 2.24. The summed E-state index contributed by atoms with van der Waals surface area (Å²) in [5.74, 6) is 1.23. The lowest BCUT2D eigenvalue weighted by Crippen LogP contribution is -2.33. The van der Waals surface area contributed by atoms with Crippen LogP contribution in [0.1, 0.15) is 24.3 Å². The van der Waals surface area contributed by atoms with Crippen molar-refractivity contribution in [3.8, 4) is 17.0 Å². The zero-order valence-electron chi connectivity index (χ0n) is 12.0. The largest absolute Gasteiger partial charge is 0.497 e. The van der Waals surface area contributed by atoms with E-state index in [4.69, 9.17) is 4.74 Å². The molecule has 21 heavy (non-hydrogen) atoms. The van der Waals surface area contributed by atoms with Crippen LogP contribution in [0.2, 0.25) is 0 Å². The third kappa shape index (κ3) is 3.24. The van der Waals surface area contributed by atoms with Crippen molar-refractivity contribution >= 4 is 17.2 Å². The molecule has 1 aromatic heterocycles. The number of aromatic nitrogens is 1. The minimum atomic E-state index is 0.169. The fourth-order valence-corrected chi connectivity index (χ4v) is 3.01. The first-order chi connectivity index (χ1) is 10.3. The van der Waals surface area contributed by atoms with Crippen molar-refractivity contribution in [3.63, 3.8) is 0 Å². The molecule has 0 bridgehead atoms. The van der Waals surface area contributed by atoms with Gasteiger partial charge in [0.1, 0.15) is 10.8 Å². The molecule has 1 amide bonds. The standard InChI is InChI=1S/C16H18N2O2S/c1-20-13-7-5-11(6-8-13)14-10-21-15(18-14)9-17-16(19)12-3-2-4-12/h5-8,10,12H,2-4,9H2,1H3,(H,17,19). The van der Waals surface area contributed by atoms with Gasteiger partial charge in [-0.25, -0.2) is 4.98 Å². The smallest absolute Gasteiger partial charge is 0.223 e. The first-order valence-corrected chi connectivity index (χ1v) is 8.01. The maximum Gasteiger partial charge on any atom is 0.223 e. The van der Waals surface area contributed by atoms with Crippen LogP contribution in [0.4, 0.5) is 0 Å². The highest BCUT2D eigenvalue weighted by Crippen LogP contribution is 2.27. The number of ether oxygens (including phenoxy) is 1. The lowest BCUT2D eigenvalue weighted by Gasteiger charge is -2.23. The number of nitrogens with zero attached hydrogens (tertiary/aromatic N) is 1. The van der Waals surface area contributed by atoms with Crippen LogP contribution < -0.4 is 10.1 Å². The molecule has 0 unspecified atom stereocenters. The number of hydrogen-bond acceptors (Lipinski definition) is 4. The summed E-state index contributed by atoms with van der Waals surface area (Å²) in [5.41, 5.74) is 2.00. The third-order valence-electron chi connectivity index (χ3n) is 3.83. The summed E-state index contributed by atoms with van der Waals surface area (Å²) in [6.07, 6.45) is 3.23. The quantitative estimate of drug-likeness (QED) is 0.922. The second-order valence-electron chi connectivity index (χ2n) is 5.20. The Balaban J connectivity index is 1.61. The van der Waals surface area contributed by atoms with Crippen LogP contribution in [0.25, 0.3) is 11.3 Å². The van der Waals surface area contributed by atoms with Crippen molar-refractivity contribution in [1.29, 1.82) is 0 Å². The van der Waals surface area contributed by atoms with E-state index in [9.17, 15) is 4.79 Å². The molecule has 1 aliphatic carbocycles. The summed E-state index contributed by atoms with van der Waals surface area (Å²) in [6.45, 7) is 0.524. The SMILES string of the molecule is COc1ccc(-c2csc(CNC(=O)C3CCC3)n2)cc1. The van der Waals surface area contributed by atoms with Crippen molar-refractivity contribution in [2.75, 3.05) is 7.11 Å². The molecule has 1 fully saturated rings. The minimum absolute atomic E-state index is 0.169. The third-order valence-corrected chi connectivity index (χ3v) is 4.68. The van der Waals surface area contributed by atoms with Crippen molar-refractivity contribution in [3.05, 3.63) is 34.7 Å². The van der Waals surface area contributed by atoms with Crippen LogP contribution in [-0.4, -0.2) is 18.0 Å². The fourth-order valence-electron chi connectivity index (χ4n) is 2.26. The van der Waals surface area contributed by atoms with Gasteiger partial charge in [-0.3, -0.25) is 4.79 Å². The highest BCUT2D eigenvalue weighted by atomic mass is 32.1. The number of methoxy groups -OCH3 is 1. The van der Waals surface area contributed by atoms with Crippen LogP contribution in [0, 0.1) is 5.92 Å². The zero-order chi connectivity index (χ0) is 14.7. The number of amides is 1. The topological polar surface area (TPSA) is 51.2 Å². The Kier molecular flexibility index (Phi) is 4.20. The number of nitrogens with one attached hydrogen (secondary N) is 1. The van der Waals surface area contributed by atoms with E-state index in [1.54, 1.807) is 18.4 Å². The number of benzene rings is 1. The molecule has 0 aliphatic heterocycles. The number of rotatable bonds is 5. The summed E-state index contributed by atoms with van der Waals surface area (Å²) in [7, 11) is 1.65. The van der Waals surface area contributed by atoms with E-state index in [0.717, 1.165) is 34.9 Å². The molecule has 3 rings (SSSR count). The Hall–Kier alpha value is -1.88. The van der Waals surface area contributed by atoms with Crippen molar-refractivity contribution < 1.29 is 9.53 Å². The van der Waals surface area contributed by atoms with Gasteiger partial charge < -0.3 is 10.1 Å². The molecule has 1 saturated carbocycles. The molecule has 0 saturated heterocycles. The zero-order valence-corrected chi connectivity index (χ0v) is 12.8. The lowest BCUT2D eigenvalue weighted by atomic mass is 9.85. The van der Waals surface area contributed by atoms with E-state index in [1.807, 2.05) is 29.6 Å². The summed E-state index contributed by atoms with van der Waals surface area (Å²) in [5, 5.41) is 5.93. The van der Waals surface area contributed by atoms with Crippen LogP contribution in [0.15, 0.2) is 29.6 Å². The molecule has 0 atom stereocenters. The average molecular weight is 302 g/mol. The van der Waals surface area contributed by atoms with E-state index < -0.39 is 0 Å². The van der Waals surface area contributed by atoms with Crippen LogP contribution in [0.3, 0.4) is 0 Å². The van der Waals surface area contributed by atoms with Crippen molar-refractivity contribution in [1.82, 2.24) is 10.3 Å². The van der Waals surface area contributed by atoms with Crippen molar-refractivity contribution in [2.24, 2.45) is 5.92 Å². The number of carbonyl (C=O) groups excluding carboxylic acids is 1. The molecule has 1 aliphatic rings. The molecule has 0 radical (unpaired) electrons. The van der Waals surface area contributed by atoms with Gasteiger partial charge in [0.05, 0.1) is 19.3 Å². The maximum absolute atomic E-state index is 11.8. The first-order valence-electron chi connectivity index (χ1n) is 7.13. The molecule has 1 heterocycles. The highest BCUT2D eigenvalue weighted by molar-refractivity contribution is 7.09. The Morgan fingerprint density at radius 3 is 2.76 bits per heavy atom. The lowest BCUT2D eigenvalue weighted by molar-refractivity contribution is -0.127. The molecule has 1 N–H and O–H groups in total. The molecule has 5 heteroatoms. The summed E-state index contributed by atoms with van der Waals surface area (Å²) < 4.78 is 5.15. The predicted molar refractivity (Wildman–Crippen MR) is 83.3 cm³/mol. The Labute approximate surface area is 128 Å². The van der Waals surface area contributed by atoms with Crippen molar-refractivity contribution in [2.45, 2.75) is 25.8 Å². The second-order valence-corrected chi connectivity index (χ2v) is 6.14. The van der Waals surface area contributed by atoms with Gasteiger partial charge >= 0.3 is 0 Å². The van der Waals surface area contributed by atoms with Crippen LogP contribution >= 0.6 is 11.3 Å². The molecule has 0 spiro atoms. The average Bonchev–Trinajstić information content (AvgIpc) is 2.92. The van der Waals surface area contributed by atoms with Gasteiger partial charge in [-0.05, 0) is 37.1 Å². The number of hydrogen-bond donors (Lipinski definition) is 1. The summed E-state index contributed by atoms with van der Waals surface area (Å²) >= 11 is 1.58. The molecular weight excluding hydrogens is 284 g/mol. The molecule has 1 aromatic carbocycles. The molecule has 4 nitrogen and oxygen atoms in total. The number of thiazole rings is 1. The normalized spacial score (nSPS) is 14.5. The maximum atomic E-state index is 11.8. The van der Waals surface area contributed by atoms with Gasteiger partial charge in [0.25, 0.3) is 0 Å². The monoisotopic (exact) mass is 302 g/mol. The fraction of sp³-hybridized carbons (Fsp3) is 0.375. The van der Waals surface area contributed by atoms with E-state index in [1.165, 1.54) is 6.42 Å². The van der Waals surface area contributed by atoms with Gasteiger partial charge in [0.15, 0.2) is 0 Å². The predicted octanol–water partition coefficient (Wildman–Crippen LogP) is 3.24. The second kappa shape index (κ2) is 6.26. The van der Waals surface area contributed by atoms with Crippen LogP contribution in [-0.2, 0) is 11.3 Å². The molecule has 2 aromatic rings. The summed E-state index contributed by atoms with van der Waals surface area (Å²) in [4.78, 5) is 16.4. The van der Waals surface area contributed by atoms with Gasteiger partial charge in [-0.2, -0.15) is 0 Å².